The zero-order chi connectivity index (χ0) is 22.5. The Morgan fingerprint density at radius 1 is 1.33 bits per heavy atom. The molecule has 3 aliphatic rings. The van der Waals surface area contributed by atoms with Crippen LogP contribution in [-0.4, -0.2) is 48.3 Å². The van der Waals surface area contributed by atoms with E-state index in [1.54, 1.807) is 24.5 Å². The minimum atomic E-state index is -0.492. The van der Waals surface area contributed by atoms with Crippen LogP contribution in [0.1, 0.15) is 34.8 Å². The monoisotopic (exact) mass is 450 g/mol. The van der Waals surface area contributed by atoms with Crippen LogP contribution in [0.2, 0.25) is 0 Å². The second kappa shape index (κ2) is 7.77. The summed E-state index contributed by atoms with van der Waals surface area (Å²) in [5.41, 5.74) is 3.81. The molecule has 1 aliphatic carbocycles. The van der Waals surface area contributed by atoms with Crippen molar-refractivity contribution in [1.29, 1.82) is 0 Å². The summed E-state index contributed by atoms with van der Waals surface area (Å²) in [6.07, 6.45) is 5.25. The molecule has 170 valence electrons. The number of rotatable bonds is 7. The lowest BCUT2D eigenvalue weighted by Gasteiger charge is -2.26. The van der Waals surface area contributed by atoms with Crippen molar-refractivity contribution in [2.24, 2.45) is 0 Å². The summed E-state index contributed by atoms with van der Waals surface area (Å²) in [5.74, 6) is 0.231. The third-order valence-corrected chi connectivity index (χ3v) is 6.44. The number of amides is 1. The lowest BCUT2D eigenvalue weighted by atomic mass is 10.0. The number of carbonyl (C=O) groups excluding carboxylic acids is 1. The number of aromatic amines is 1. The minimum absolute atomic E-state index is 0.0713. The number of methoxy groups -OCH3 is 1. The van der Waals surface area contributed by atoms with Crippen LogP contribution in [0.5, 0.6) is 11.5 Å². The molecule has 3 N–H and O–H groups in total. The van der Waals surface area contributed by atoms with E-state index >= 15 is 0 Å². The van der Waals surface area contributed by atoms with Gasteiger partial charge in [-0.1, -0.05) is 6.07 Å². The molecule has 1 saturated heterocycles. The average molecular weight is 450 g/mol. The summed E-state index contributed by atoms with van der Waals surface area (Å²) in [5, 5.41) is 6.31. The number of nitrogens with one attached hydrogen (secondary N) is 3. The van der Waals surface area contributed by atoms with Gasteiger partial charge in [0.2, 0.25) is 0 Å². The van der Waals surface area contributed by atoms with Crippen LogP contribution in [0.3, 0.4) is 0 Å². The molecule has 6 rings (SSSR count). The summed E-state index contributed by atoms with van der Waals surface area (Å²) in [6, 6.07) is 6.62. The topological polar surface area (TPSA) is 97.5 Å². The van der Waals surface area contributed by atoms with Crippen molar-refractivity contribution in [3.05, 3.63) is 53.7 Å². The predicted molar refractivity (Wildman–Crippen MR) is 119 cm³/mol. The number of halogens is 1. The highest BCUT2D eigenvalue weighted by Crippen LogP contribution is 2.51. The first-order valence-electron chi connectivity index (χ1n) is 11.0. The van der Waals surface area contributed by atoms with Crippen molar-refractivity contribution in [3.8, 4) is 22.8 Å². The quantitative estimate of drug-likeness (QED) is 0.508. The van der Waals surface area contributed by atoms with Crippen molar-refractivity contribution in [2.75, 3.05) is 25.6 Å². The van der Waals surface area contributed by atoms with E-state index in [0.717, 1.165) is 30.7 Å². The number of benzene rings is 1. The van der Waals surface area contributed by atoms with Crippen LogP contribution >= 0.6 is 0 Å². The first-order chi connectivity index (χ1) is 16.1. The number of H-pyrrole nitrogens is 1. The molecule has 8 nitrogen and oxygen atoms in total. The molecule has 33 heavy (non-hydrogen) atoms. The van der Waals surface area contributed by atoms with Gasteiger partial charge in [-0.05, 0) is 24.6 Å². The molecule has 1 amide bonds. The third-order valence-electron chi connectivity index (χ3n) is 6.44. The lowest BCUT2D eigenvalue weighted by Crippen LogP contribution is -2.32. The fraction of sp³-hybridized carbons (Fsp3) is 0.333. The molecule has 9 heteroatoms. The van der Waals surface area contributed by atoms with Gasteiger partial charge in [0.15, 0.2) is 11.6 Å². The van der Waals surface area contributed by atoms with Gasteiger partial charge in [0, 0.05) is 42.4 Å². The van der Waals surface area contributed by atoms with Crippen molar-refractivity contribution in [2.45, 2.75) is 30.9 Å². The molecule has 0 radical (unpaired) electrons. The predicted octanol–water partition coefficient (Wildman–Crippen LogP) is 3.74. The van der Waals surface area contributed by atoms with E-state index in [0.29, 0.717) is 35.0 Å². The van der Waals surface area contributed by atoms with Gasteiger partial charge in [0.1, 0.15) is 12.4 Å². The van der Waals surface area contributed by atoms with E-state index in [9.17, 15) is 9.18 Å². The highest BCUT2D eigenvalue weighted by Gasteiger charge is 2.48. The molecule has 2 aliphatic heterocycles. The Kier molecular flexibility index (Phi) is 4.72. The van der Waals surface area contributed by atoms with E-state index in [2.05, 4.69) is 20.6 Å². The normalized spacial score (nSPS) is 22.5. The van der Waals surface area contributed by atoms with Crippen molar-refractivity contribution < 1.29 is 23.4 Å². The van der Waals surface area contributed by atoms with Gasteiger partial charge in [0.05, 0.1) is 42.0 Å². The highest BCUT2D eigenvalue weighted by molar-refractivity contribution is 6.07. The molecule has 2 fully saturated rings. The van der Waals surface area contributed by atoms with Crippen LogP contribution in [0.4, 0.5) is 15.8 Å². The number of hydrogen-bond acceptors (Lipinski definition) is 6. The lowest BCUT2D eigenvalue weighted by molar-refractivity contribution is -0.0720. The van der Waals surface area contributed by atoms with Crippen LogP contribution in [0.15, 0.2) is 36.7 Å². The summed E-state index contributed by atoms with van der Waals surface area (Å²) in [6.45, 7) is 1.17. The number of aromatic nitrogens is 2. The van der Waals surface area contributed by atoms with E-state index in [4.69, 9.17) is 14.2 Å². The van der Waals surface area contributed by atoms with Crippen LogP contribution in [0.25, 0.3) is 11.3 Å². The van der Waals surface area contributed by atoms with Crippen LogP contribution in [0, 0.1) is 5.82 Å². The molecule has 4 heterocycles. The average Bonchev–Trinajstić information content (AvgIpc) is 3.45. The van der Waals surface area contributed by atoms with E-state index < -0.39 is 5.82 Å². The number of ether oxygens (including phenoxy) is 3. The SMILES string of the molecule is COc1c(F)cccc1Nc1c(-c2ccncc2OCC2CCO2)[nH]c2c1C(=O)NC1CC21. The molecule has 3 atom stereocenters. The van der Waals surface area contributed by atoms with Crippen LogP contribution in [-0.2, 0) is 4.74 Å². The molecule has 3 unspecified atom stereocenters. The molecular formula is C24H23FN4O4. The number of anilines is 2. The second-order valence-corrected chi connectivity index (χ2v) is 8.50. The van der Waals surface area contributed by atoms with Gasteiger partial charge < -0.3 is 29.8 Å². The molecule has 1 saturated carbocycles. The van der Waals surface area contributed by atoms with Gasteiger partial charge >= 0.3 is 0 Å². The second-order valence-electron chi connectivity index (χ2n) is 8.50. The molecule has 1 aromatic carbocycles. The Bertz CT molecular complexity index is 1240. The maximum atomic E-state index is 14.4. The van der Waals surface area contributed by atoms with Gasteiger partial charge in [-0.2, -0.15) is 0 Å². The molecule has 2 aromatic heterocycles. The summed E-state index contributed by atoms with van der Waals surface area (Å²) >= 11 is 0. The maximum Gasteiger partial charge on any atom is 0.255 e. The summed E-state index contributed by atoms with van der Waals surface area (Å²) in [7, 11) is 1.41. The minimum Gasteiger partial charge on any atom is -0.492 e. The zero-order valence-electron chi connectivity index (χ0n) is 18.0. The Labute approximate surface area is 189 Å². The molecule has 0 bridgehead atoms. The van der Waals surface area contributed by atoms with Gasteiger partial charge in [-0.3, -0.25) is 9.78 Å². The van der Waals surface area contributed by atoms with E-state index in [1.165, 1.54) is 13.2 Å². The first-order valence-corrected chi connectivity index (χ1v) is 11.0. The molecular weight excluding hydrogens is 427 g/mol. The third kappa shape index (κ3) is 3.39. The van der Waals surface area contributed by atoms with Crippen molar-refractivity contribution in [3.63, 3.8) is 0 Å². The van der Waals surface area contributed by atoms with Crippen LogP contribution < -0.4 is 20.1 Å². The largest absolute Gasteiger partial charge is 0.492 e. The van der Waals surface area contributed by atoms with Gasteiger partial charge in [-0.25, -0.2) is 4.39 Å². The maximum absolute atomic E-state index is 14.4. The number of pyridine rings is 1. The Morgan fingerprint density at radius 2 is 2.21 bits per heavy atom. The molecule has 0 spiro atoms. The number of fused-ring (bicyclic) bond motifs is 3. The number of para-hydroxylation sites is 1. The first kappa shape index (κ1) is 20.0. The van der Waals surface area contributed by atoms with E-state index in [-0.39, 0.29) is 29.7 Å². The summed E-state index contributed by atoms with van der Waals surface area (Å²) < 4.78 is 31.2. The highest BCUT2D eigenvalue weighted by atomic mass is 19.1. The fourth-order valence-electron chi connectivity index (χ4n) is 4.52. The number of nitrogens with zero attached hydrogens (tertiary/aromatic N) is 1. The van der Waals surface area contributed by atoms with Crippen molar-refractivity contribution in [1.82, 2.24) is 15.3 Å². The Balaban J connectivity index is 1.46. The van der Waals surface area contributed by atoms with Gasteiger partial charge in [-0.15, -0.1) is 0 Å². The number of carbonyl (C=O) groups is 1. The standard InChI is InChI=1S/C24H23FN4O4/c1-31-23-15(25)3-2-4-16(23)27-22-19-20(14-9-17(14)28-24(19)30)29-21(22)13-5-7-26-10-18(13)33-11-12-6-8-32-12/h2-5,7,10,12,14,17,27,29H,6,8-9,11H2,1H3,(H,28,30). The summed E-state index contributed by atoms with van der Waals surface area (Å²) in [4.78, 5) is 20.7. The van der Waals surface area contributed by atoms with Crippen molar-refractivity contribution >= 4 is 17.3 Å². The smallest absolute Gasteiger partial charge is 0.255 e. The molecule has 3 aromatic rings. The fourth-order valence-corrected chi connectivity index (χ4v) is 4.52. The van der Waals surface area contributed by atoms with Gasteiger partial charge in [0.25, 0.3) is 5.91 Å². The Morgan fingerprint density at radius 3 is 3.00 bits per heavy atom. The van der Waals surface area contributed by atoms with E-state index in [1.807, 2.05) is 6.07 Å². The number of hydrogen-bond donors (Lipinski definition) is 3. The Hall–Kier alpha value is -3.59. The zero-order valence-corrected chi connectivity index (χ0v) is 18.0.